The minimum atomic E-state index is 0.670. The van der Waals surface area contributed by atoms with Gasteiger partial charge in [0, 0.05) is 0 Å². The van der Waals surface area contributed by atoms with E-state index in [1.165, 1.54) is 10.7 Å². The third-order valence-electron chi connectivity index (χ3n) is 1.66. The highest BCUT2D eigenvalue weighted by molar-refractivity contribution is 5.82. The zero-order valence-electron chi connectivity index (χ0n) is 5.99. The van der Waals surface area contributed by atoms with E-state index >= 15 is 0 Å². The summed E-state index contributed by atoms with van der Waals surface area (Å²) in [6, 6.07) is 8.78. The molecule has 55 valence electrons. The van der Waals surface area contributed by atoms with Crippen molar-refractivity contribution in [2.45, 2.75) is 6.54 Å². The Hall–Kier alpha value is -1.35. The van der Waals surface area contributed by atoms with E-state index in [4.69, 9.17) is 5.84 Å². The maximum Gasteiger partial charge on any atom is 0.0787 e. The van der Waals surface area contributed by atoms with E-state index in [0.717, 1.165) is 5.56 Å². The summed E-state index contributed by atoms with van der Waals surface area (Å²) in [5, 5.41) is 5.36. The molecule has 0 atom stereocenters. The molecule has 1 aliphatic heterocycles. The Morgan fingerprint density at radius 3 is 3.45 bits per heavy atom. The van der Waals surface area contributed by atoms with Crippen LogP contribution in [0.4, 0.5) is 0 Å². The van der Waals surface area contributed by atoms with E-state index in [-0.39, 0.29) is 0 Å². The fraction of sp³-hybridized carbons (Fsp3) is 0.125. The van der Waals surface area contributed by atoms with Gasteiger partial charge >= 0.3 is 0 Å². The van der Waals surface area contributed by atoms with Gasteiger partial charge in [0.15, 0.2) is 0 Å². The van der Waals surface area contributed by atoms with Crippen LogP contribution < -0.4 is 5.84 Å². The van der Waals surface area contributed by atoms with Crippen LogP contribution in [0.3, 0.4) is 0 Å². The van der Waals surface area contributed by atoms with Crippen molar-refractivity contribution in [1.82, 2.24) is 5.12 Å². The van der Waals surface area contributed by atoms with Gasteiger partial charge in [-0.1, -0.05) is 12.1 Å². The van der Waals surface area contributed by atoms with Gasteiger partial charge in [-0.2, -0.15) is 5.10 Å². The van der Waals surface area contributed by atoms with Gasteiger partial charge in [0.2, 0.25) is 0 Å². The van der Waals surface area contributed by atoms with Crippen LogP contribution >= 0.6 is 0 Å². The highest BCUT2D eigenvalue weighted by Crippen LogP contribution is 2.11. The van der Waals surface area contributed by atoms with Crippen molar-refractivity contribution < 1.29 is 0 Å². The molecule has 0 bridgehead atoms. The topological polar surface area (TPSA) is 41.6 Å². The maximum atomic E-state index is 5.47. The second kappa shape index (κ2) is 2.36. The number of nitrogens with zero attached hydrogens (tertiary/aromatic N) is 2. The van der Waals surface area contributed by atoms with Gasteiger partial charge in [-0.15, -0.1) is 0 Å². The third-order valence-corrected chi connectivity index (χ3v) is 1.66. The van der Waals surface area contributed by atoms with Crippen LogP contribution in [0.25, 0.3) is 0 Å². The summed E-state index contributed by atoms with van der Waals surface area (Å²) in [5.41, 5.74) is 2.30. The summed E-state index contributed by atoms with van der Waals surface area (Å²) < 4.78 is 0. The van der Waals surface area contributed by atoms with E-state index in [0.29, 0.717) is 6.54 Å². The number of hydrogen-bond acceptors (Lipinski definition) is 3. The number of hydrazone groups is 1. The summed E-state index contributed by atoms with van der Waals surface area (Å²) in [6.07, 6.45) is 1.76. The molecule has 1 heterocycles. The van der Waals surface area contributed by atoms with E-state index in [9.17, 15) is 0 Å². The predicted molar refractivity (Wildman–Crippen MR) is 42.6 cm³/mol. The summed E-state index contributed by atoms with van der Waals surface area (Å²) >= 11 is 0. The van der Waals surface area contributed by atoms with Gasteiger partial charge < -0.3 is 0 Å². The minimum Gasteiger partial charge on any atom is -0.231 e. The van der Waals surface area contributed by atoms with Gasteiger partial charge in [-0.25, -0.2) is 11.0 Å². The molecule has 0 saturated carbocycles. The number of rotatable bonds is 0. The predicted octanol–water partition coefficient (Wildman–Crippen LogP) is 0.510. The molecule has 1 radical (unpaired) electrons. The summed E-state index contributed by atoms with van der Waals surface area (Å²) in [7, 11) is 0. The van der Waals surface area contributed by atoms with Crippen molar-refractivity contribution in [3.63, 3.8) is 0 Å². The molecule has 0 spiro atoms. The first-order valence-corrected chi connectivity index (χ1v) is 3.41. The van der Waals surface area contributed by atoms with E-state index in [2.05, 4.69) is 11.2 Å². The first-order valence-electron chi connectivity index (χ1n) is 3.41. The lowest BCUT2D eigenvalue weighted by Gasteiger charge is -2.17. The van der Waals surface area contributed by atoms with Gasteiger partial charge in [-0.3, -0.25) is 0 Å². The van der Waals surface area contributed by atoms with E-state index in [1.54, 1.807) is 6.21 Å². The first kappa shape index (κ1) is 6.37. The Kier molecular flexibility index (Phi) is 1.36. The molecule has 1 aromatic carbocycles. The van der Waals surface area contributed by atoms with E-state index < -0.39 is 0 Å². The van der Waals surface area contributed by atoms with Crippen molar-refractivity contribution in [3.05, 3.63) is 35.4 Å². The normalized spacial score (nSPS) is 14.8. The molecular weight excluding hydrogens is 138 g/mol. The standard InChI is InChI=1S/C8H8N3/c9-11-6-8-4-2-1-3-7(8)5-10-11/h1,3-5H,6,9H2. The quantitative estimate of drug-likeness (QED) is 0.542. The number of hydrogen-bond donors (Lipinski definition) is 1. The Balaban J connectivity index is 2.46. The molecule has 1 aromatic rings. The van der Waals surface area contributed by atoms with Crippen LogP contribution in [0.2, 0.25) is 0 Å². The lowest BCUT2D eigenvalue weighted by Crippen LogP contribution is -2.27. The lowest BCUT2D eigenvalue weighted by atomic mass is 10.1. The van der Waals surface area contributed by atoms with Crippen molar-refractivity contribution in [1.29, 1.82) is 0 Å². The molecule has 0 amide bonds. The van der Waals surface area contributed by atoms with Gasteiger partial charge in [0.05, 0.1) is 12.8 Å². The smallest absolute Gasteiger partial charge is 0.0787 e. The number of hydrazine groups is 1. The lowest BCUT2D eigenvalue weighted by molar-refractivity contribution is 0.287. The van der Waals surface area contributed by atoms with Gasteiger partial charge in [-0.05, 0) is 23.3 Å². The highest BCUT2D eigenvalue weighted by atomic mass is 15.6. The fourth-order valence-corrected chi connectivity index (χ4v) is 1.09. The second-order valence-electron chi connectivity index (χ2n) is 2.47. The Labute approximate surface area is 65.1 Å². The monoisotopic (exact) mass is 146 g/mol. The van der Waals surface area contributed by atoms with Crippen molar-refractivity contribution >= 4 is 6.21 Å². The number of fused-ring (bicyclic) bond motifs is 1. The Morgan fingerprint density at radius 1 is 1.64 bits per heavy atom. The third kappa shape index (κ3) is 1.10. The SMILES string of the molecule is NN1Cc2c[c]ccc2C=N1. The van der Waals surface area contributed by atoms with Crippen LogP contribution in [-0.4, -0.2) is 11.3 Å². The zero-order chi connectivity index (χ0) is 7.68. The zero-order valence-corrected chi connectivity index (χ0v) is 5.99. The van der Waals surface area contributed by atoms with Crippen molar-refractivity contribution in [2.24, 2.45) is 10.9 Å². The summed E-state index contributed by atoms with van der Waals surface area (Å²) in [4.78, 5) is 0. The Morgan fingerprint density at radius 2 is 2.55 bits per heavy atom. The fourth-order valence-electron chi connectivity index (χ4n) is 1.09. The van der Waals surface area contributed by atoms with Crippen molar-refractivity contribution in [3.8, 4) is 0 Å². The van der Waals surface area contributed by atoms with Crippen LogP contribution in [-0.2, 0) is 6.54 Å². The molecular formula is C8H8N3. The van der Waals surface area contributed by atoms with Crippen LogP contribution in [0.15, 0.2) is 23.3 Å². The average molecular weight is 146 g/mol. The molecule has 1 aliphatic rings. The molecule has 0 aliphatic carbocycles. The molecule has 3 nitrogen and oxygen atoms in total. The Bertz CT molecular complexity index is 293. The average Bonchev–Trinajstić information content (AvgIpc) is 2.04. The molecule has 0 unspecified atom stereocenters. The number of nitrogens with two attached hydrogens (primary N) is 1. The van der Waals surface area contributed by atoms with Crippen molar-refractivity contribution in [2.75, 3.05) is 0 Å². The summed E-state index contributed by atoms with van der Waals surface area (Å²) in [5.74, 6) is 5.47. The molecule has 0 fully saturated rings. The van der Waals surface area contributed by atoms with Crippen LogP contribution in [0.5, 0.6) is 0 Å². The van der Waals surface area contributed by atoms with Gasteiger partial charge in [0.25, 0.3) is 0 Å². The number of benzene rings is 1. The molecule has 2 rings (SSSR count). The molecule has 3 heteroatoms. The highest BCUT2D eigenvalue weighted by Gasteiger charge is 2.06. The van der Waals surface area contributed by atoms with Crippen LogP contribution in [0.1, 0.15) is 11.1 Å². The maximum absolute atomic E-state index is 5.47. The van der Waals surface area contributed by atoms with Crippen LogP contribution in [0, 0.1) is 6.07 Å². The molecule has 0 saturated heterocycles. The van der Waals surface area contributed by atoms with Gasteiger partial charge in [0.1, 0.15) is 0 Å². The molecule has 11 heavy (non-hydrogen) atoms. The first-order chi connectivity index (χ1) is 5.36. The second-order valence-corrected chi connectivity index (χ2v) is 2.47. The summed E-state index contributed by atoms with van der Waals surface area (Å²) in [6.45, 7) is 0.670. The minimum absolute atomic E-state index is 0.670. The molecule has 0 aromatic heterocycles. The molecule has 2 N–H and O–H groups in total. The van der Waals surface area contributed by atoms with E-state index in [1.807, 2.05) is 18.2 Å². The largest absolute Gasteiger partial charge is 0.231 e.